The van der Waals surface area contributed by atoms with Crippen LogP contribution < -0.4 is 10.1 Å². The topological polar surface area (TPSA) is 56.1 Å². The van der Waals surface area contributed by atoms with Gasteiger partial charge in [-0.3, -0.25) is 9.78 Å². The molecule has 3 heterocycles. The molecule has 2 aromatic heterocycles. The van der Waals surface area contributed by atoms with Crippen LogP contribution in [0.2, 0.25) is 0 Å². The number of pyridine rings is 1. The molecule has 0 unspecified atom stereocenters. The van der Waals surface area contributed by atoms with E-state index in [2.05, 4.69) is 21.1 Å². The van der Waals surface area contributed by atoms with Crippen LogP contribution >= 0.6 is 0 Å². The van der Waals surface area contributed by atoms with Crippen molar-refractivity contribution >= 4 is 22.5 Å². The van der Waals surface area contributed by atoms with Gasteiger partial charge >= 0.3 is 0 Å². The molecular formula is C30H24FN3O2. The minimum absolute atomic E-state index is 0.0259. The molecule has 0 radical (unpaired) electrons. The Morgan fingerprint density at radius 1 is 1.00 bits per heavy atom. The summed E-state index contributed by atoms with van der Waals surface area (Å²) in [6.07, 6.45) is 5.95. The number of halogens is 1. The van der Waals surface area contributed by atoms with Gasteiger partial charge in [-0.2, -0.15) is 0 Å². The Balaban J connectivity index is 1.39. The first-order chi connectivity index (χ1) is 17.6. The third kappa shape index (κ3) is 4.33. The number of nitrogens with zero attached hydrogens (tertiary/aromatic N) is 2. The Labute approximate surface area is 208 Å². The van der Waals surface area contributed by atoms with Gasteiger partial charge in [0, 0.05) is 48.4 Å². The van der Waals surface area contributed by atoms with Crippen molar-refractivity contribution in [3.05, 3.63) is 126 Å². The van der Waals surface area contributed by atoms with Crippen molar-refractivity contribution in [3.63, 3.8) is 0 Å². The SMILES string of the molecule is O=C1C[C@@H](c2cccc(OCc3cccnc3)c2)c2cn(Cc3cccc(F)c3)c3cccc(c23)N1. The monoisotopic (exact) mass is 477 g/mol. The van der Waals surface area contributed by atoms with E-state index in [9.17, 15) is 9.18 Å². The highest BCUT2D eigenvalue weighted by Gasteiger charge is 2.28. The Morgan fingerprint density at radius 2 is 1.86 bits per heavy atom. The van der Waals surface area contributed by atoms with Crippen molar-refractivity contribution < 1.29 is 13.9 Å². The molecule has 1 N–H and O–H groups in total. The first-order valence-corrected chi connectivity index (χ1v) is 11.9. The molecule has 0 aliphatic carbocycles. The van der Waals surface area contributed by atoms with Crippen molar-refractivity contribution in [1.29, 1.82) is 0 Å². The highest BCUT2D eigenvalue weighted by Crippen LogP contribution is 2.41. The summed E-state index contributed by atoms with van der Waals surface area (Å²) in [6.45, 7) is 0.951. The summed E-state index contributed by atoms with van der Waals surface area (Å²) in [5.41, 5.74) is 5.75. The van der Waals surface area contributed by atoms with Gasteiger partial charge in [0.05, 0.1) is 11.2 Å². The van der Waals surface area contributed by atoms with Gasteiger partial charge in [-0.1, -0.05) is 36.4 Å². The molecule has 6 rings (SSSR count). The summed E-state index contributed by atoms with van der Waals surface area (Å²) in [6, 6.07) is 24.4. The number of aromatic nitrogens is 2. The Kier molecular flexibility index (Phi) is 5.70. The van der Waals surface area contributed by atoms with Gasteiger partial charge in [0.25, 0.3) is 0 Å². The number of carbonyl (C=O) groups excluding carboxylic acids is 1. The number of ether oxygens (including phenoxy) is 1. The molecule has 1 aliphatic heterocycles. The van der Waals surface area contributed by atoms with Crippen LogP contribution in [0.5, 0.6) is 5.75 Å². The van der Waals surface area contributed by atoms with Crippen LogP contribution in [0, 0.1) is 5.82 Å². The molecule has 0 spiro atoms. The van der Waals surface area contributed by atoms with Gasteiger partial charge in [-0.25, -0.2) is 4.39 Å². The minimum atomic E-state index is -0.251. The van der Waals surface area contributed by atoms with E-state index in [1.807, 2.05) is 60.7 Å². The first kappa shape index (κ1) is 22.0. The van der Waals surface area contributed by atoms with Crippen LogP contribution in [0.3, 0.4) is 0 Å². The molecule has 3 aromatic carbocycles. The van der Waals surface area contributed by atoms with Crippen molar-refractivity contribution in [1.82, 2.24) is 9.55 Å². The second-order valence-electron chi connectivity index (χ2n) is 9.07. The summed E-state index contributed by atoms with van der Waals surface area (Å²) in [5, 5.41) is 4.10. The average Bonchev–Trinajstić information content (AvgIpc) is 3.18. The van der Waals surface area contributed by atoms with Gasteiger partial charge in [0.15, 0.2) is 0 Å². The standard InChI is InChI=1S/C30H24FN3O2/c31-23-8-1-5-20(13-23)17-34-18-26-25(15-29(35)33-27-10-3-11-28(34)30(26)27)22-7-2-9-24(14-22)36-19-21-6-4-12-32-16-21/h1-14,16,18,25H,15,17,19H2,(H,33,35)/t25-/m0/s1. The molecular weight excluding hydrogens is 453 g/mol. The van der Waals surface area contributed by atoms with Crippen LogP contribution in [0.25, 0.3) is 10.9 Å². The molecule has 1 amide bonds. The highest BCUT2D eigenvalue weighted by molar-refractivity contribution is 6.06. The van der Waals surface area contributed by atoms with Gasteiger partial charge < -0.3 is 14.6 Å². The molecule has 36 heavy (non-hydrogen) atoms. The third-order valence-corrected chi connectivity index (χ3v) is 6.61. The Morgan fingerprint density at radius 3 is 2.72 bits per heavy atom. The van der Waals surface area contributed by atoms with E-state index >= 15 is 0 Å². The van der Waals surface area contributed by atoms with E-state index in [-0.39, 0.29) is 17.6 Å². The van der Waals surface area contributed by atoms with E-state index in [1.54, 1.807) is 24.5 Å². The van der Waals surface area contributed by atoms with Crippen LogP contribution in [-0.2, 0) is 17.9 Å². The lowest BCUT2D eigenvalue weighted by atomic mass is 9.88. The fourth-order valence-corrected chi connectivity index (χ4v) is 4.98. The highest BCUT2D eigenvalue weighted by atomic mass is 19.1. The molecule has 1 aliphatic rings. The van der Waals surface area contributed by atoms with Crippen LogP contribution in [0.4, 0.5) is 10.1 Å². The number of amides is 1. The van der Waals surface area contributed by atoms with Gasteiger partial charge in [-0.05, 0) is 59.2 Å². The van der Waals surface area contributed by atoms with E-state index in [4.69, 9.17) is 4.74 Å². The molecule has 0 fully saturated rings. The summed E-state index contributed by atoms with van der Waals surface area (Å²) in [4.78, 5) is 17.0. The molecule has 0 bridgehead atoms. The van der Waals surface area contributed by atoms with Crippen LogP contribution in [-0.4, -0.2) is 15.5 Å². The fraction of sp³-hybridized carbons (Fsp3) is 0.133. The summed E-state index contributed by atoms with van der Waals surface area (Å²) >= 11 is 0. The average molecular weight is 478 g/mol. The number of hydrogen-bond acceptors (Lipinski definition) is 3. The number of anilines is 1. The van der Waals surface area contributed by atoms with Crippen molar-refractivity contribution in [3.8, 4) is 5.75 Å². The van der Waals surface area contributed by atoms with Gasteiger partial charge in [-0.15, -0.1) is 0 Å². The minimum Gasteiger partial charge on any atom is -0.489 e. The number of carbonyl (C=O) groups is 1. The largest absolute Gasteiger partial charge is 0.489 e. The zero-order valence-corrected chi connectivity index (χ0v) is 19.5. The molecule has 178 valence electrons. The second kappa shape index (κ2) is 9.30. The van der Waals surface area contributed by atoms with Gasteiger partial charge in [0.2, 0.25) is 5.91 Å². The van der Waals surface area contributed by atoms with Crippen molar-refractivity contribution in [2.75, 3.05) is 5.32 Å². The maximum absolute atomic E-state index is 13.8. The maximum atomic E-state index is 13.8. The Hall–Kier alpha value is -4.45. The zero-order valence-electron chi connectivity index (χ0n) is 19.5. The Bertz CT molecular complexity index is 1560. The molecule has 0 saturated heterocycles. The smallest absolute Gasteiger partial charge is 0.225 e. The summed E-state index contributed by atoms with van der Waals surface area (Å²) < 4.78 is 22.0. The normalized spacial score (nSPS) is 14.9. The molecule has 0 saturated carbocycles. The summed E-state index contributed by atoms with van der Waals surface area (Å²) in [5.74, 6) is 0.317. The van der Waals surface area contributed by atoms with E-state index in [0.29, 0.717) is 19.6 Å². The van der Waals surface area contributed by atoms with Crippen molar-refractivity contribution in [2.24, 2.45) is 0 Å². The first-order valence-electron chi connectivity index (χ1n) is 11.9. The van der Waals surface area contributed by atoms with E-state index in [0.717, 1.165) is 44.6 Å². The second-order valence-corrected chi connectivity index (χ2v) is 9.07. The van der Waals surface area contributed by atoms with Crippen LogP contribution in [0.15, 0.2) is 97.5 Å². The van der Waals surface area contributed by atoms with Crippen molar-refractivity contribution in [2.45, 2.75) is 25.5 Å². The van der Waals surface area contributed by atoms with Crippen LogP contribution in [0.1, 0.15) is 34.6 Å². The number of hydrogen-bond donors (Lipinski definition) is 1. The predicted octanol–water partition coefficient (Wildman–Crippen LogP) is 6.28. The lowest BCUT2D eigenvalue weighted by Gasteiger charge is -2.16. The zero-order chi connectivity index (χ0) is 24.5. The summed E-state index contributed by atoms with van der Waals surface area (Å²) in [7, 11) is 0. The number of rotatable bonds is 6. The third-order valence-electron chi connectivity index (χ3n) is 6.61. The molecule has 1 atom stereocenters. The maximum Gasteiger partial charge on any atom is 0.225 e. The molecule has 5 nitrogen and oxygen atoms in total. The number of benzene rings is 3. The van der Waals surface area contributed by atoms with Gasteiger partial charge in [0.1, 0.15) is 18.2 Å². The molecule has 5 aromatic rings. The quantitative estimate of drug-likeness (QED) is 0.313. The fourth-order valence-electron chi connectivity index (χ4n) is 4.98. The lowest BCUT2D eigenvalue weighted by Crippen LogP contribution is -2.14. The predicted molar refractivity (Wildman–Crippen MR) is 138 cm³/mol. The number of nitrogens with one attached hydrogen (secondary N) is 1. The lowest BCUT2D eigenvalue weighted by molar-refractivity contribution is -0.116. The molecule has 6 heteroatoms. The van der Waals surface area contributed by atoms with E-state index < -0.39 is 0 Å². The van der Waals surface area contributed by atoms with E-state index in [1.165, 1.54) is 6.07 Å².